The minimum atomic E-state index is -0.926. The summed E-state index contributed by atoms with van der Waals surface area (Å²) < 4.78 is 1.64. The molecular weight excluding hydrogens is 429 g/mol. The van der Waals surface area contributed by atoms with Gasteiger partial charge in [-0.05, 0) is 63.0 Å². The van der Waals surface area contributed by atoms with Gasteiger partial charge in [-0.2, -0.15) is 0 Å². The van der Waals surface area contributed by atoms with Crippen molar-refractivity contribution in [1.82, 2.24) is 0 Å². The maximum atomic E-state index is 11.5. The molecule has 7 heteroatoms. The molecule has 0 aliphatic heterocycles. The number of halogens is 3. The van der Waals surface area contributed by atoms with Crippen LogP contribution in [0.5, 0.6) is 0 Å². The number of hydrogen-bond acceptors (Lipinski definition) is 3. The molecule has 2 aromatic rings. The highest BCUT2D eigenvalue weighted by Crippen LogP contribution is 2.33. The number of aliphatic carboxylic acids is 1. The monoisotopic (exact) mass is 437 g/mol. The highest BCUT2D eigenvalue weighted by Gasteiger charge is 2.22. The highest BCUT2D eigenvalue weighted by molar-refractivity contribution is 9.10. The first-order valence-electron chi connectivity index (χ1n) is 5.58. The number of aryl methyl sites for hydroxylation is 1. The standard InChI is InChI=1S/C13H10Br2ClNO2S/c1-6-8(14)5-11(20-6)12(13(18)19)17-7-2-3-10(16)9(15)4-7/h2-5,12,17H,1H3,(H,18,19). The van der Waals surface area contributed by atoms with Crippen molar-refractivity contribution in [2.45, 2.75) is 13.0 Å². The first-order chi connectivity index (χ1) is 9.38. The zero-order valence-electron chi connectivity index (χ0n) is 10.3. The second-order valence-corrected chi connectivity index (χ2v) is 7.50. The average Bonchev–Trinajstić information content (AvgIpc) is 2.70. The van der Waals surface area contributed by atoms with Crippen LogP contribution in [0.2, 0.25) is 5.02 Å². The summed E-state index contributed by atoms with van der Waals surface area (Å²) in [6.45, 7) is 1.94. The lowest BCUT2D eigenvalue weighted by Gasteiger charge is -2.14. The smallest absolute Gasteiger partial charge is 0.331 e. The molecule has 0 saturated heterocycles. The Bertz CT molecular complexity index is 640. The van der Waals surface area contributed by atoms with Crippen molar-refractivity contribution in [3.63, 3.8) is 0 Å². The van der Waals surface area contributed by atoms with Gasteiger partial charge in [0.2, 0.25) is 0 Å². The van der Waals surface area contributed by atoms with E-state index in [9.17, 15) is 9.90 Å². The van der Waals surface area contributed by atoms with Crippen molar-refractivity contribution >= 4 is 66.5 Å². The lowest BCUT2D eigenvalue weighted by Crippen LogP contribution is -2.19. The molecule has 0 saturated carbocycles. The third-order valence-electron chi connectivity index (χ3n) is 2.64. The predicted molar refractivity (Wildman–Crippen MR) is 89.9 cm³/mol. The van der Waals surface area contributed by atoms with Crippen LogP contribution in [0, 0.1) is 6.92 Å². The predicted octanol–water partition coefficient (Wildman–Crippen LogP) is 5.47. The van der Waals surface area contributed by atoms with Gasteiger partial charge in [0, 0.05) is 24.4 Å². The molecule has 3 nitrogen and oxygen atoms in total. The normalized spacial score (nSPS) is 12.2. The molecular formula is C13H10Br2ClNO2S. The van der Waals surface area contributed by atoms with Crippen molar-refractivity contribution in [2.75, 3.05) is 5.32 Å². The first-order valence-corrected chi connectivity index (χ1v) is 8.36. The van der Waals surface area contributed by atoms with Crippen LogP contribution in [0.15, 0.2) is 33.2 Å². The summed E-state index contributed by atoms with van der Waals surface area (Å²) in [6, 6.07) is 6.25. The summed E-state index contributed by atoms with van der Waals surface area (Å²) in [4.78, 5) is 13.3. The average molecular weight is 440 g/mol. The molecule has 0 aliphatic carbocycles. The summed E-state index contributed by atoms with van der Waals surface area (Å²) in [5.74, 6) is -0.926. The number of nitrogens with one attached hydrogen (secondary N) is 1. The molecule has 1 atom stereocenters. The van der Waals surface area contributed by atoms with Crippen LogP contribution in [0.3, 0.4) is 0 Å². The van der Waals surface area contributed by atoms with Gasteiger partial charge in [-0.3, -0.25) is 0 Å². The number of thiophene rings is 1. The second-order valence-electron chi connectivity index (χ2n) is 4.10. The van der Waals surface area contributed by atoms with Gasteiger partial charge in [-0.15, -0.1) is 11.3 Å². The zero-order chi connectivity index (χ0) is 14.9. The molecule has 0 amide bonds. The Morgan fingerprint density at radius 1 is 1.35 bits per heavy atom. The van der Waals surface area contributed by atoms with Crippen LogP contribution in [0.4, 0.5) is 5.69 Å². The van der Waals surface area contributed by atoms with E-state index in [4.69, 9.17) is 11.6 Å². The Balaban J connectivity index is 2.30. The lowest BCUT2D eigenvalue weighted by molar-refractivity contribution is -0.138. The molecule has 1 unspecified atom stereocenters. The van der Waals surface area contributed by atoms with E-state index in [0.29, 0.717) is 10.7 Å². The number of hydrogen-bond donors (Lipinski definition) is 2. The summed E-state index contributed by atoms with van der Waals surface area (Å²) in [5.41, 5.74) is 0.691. The first kappa shape index (κ1) is 15.8. The minimum Gasteiger partial charge on any atom is -0.479 e. The summed E-state index contributed by atoms with van der Waals surface area (Å²) in [6.07, 6.45) is 0. The fraction of sp³-hybridized carbons (Fsp3) is 0.154. The quantitative estimate of drug-likeness (QED) is 0.664. The lowest BCUT2D eigenvalue weighted by atomic mass is 10.2. The SMILES string of the molecule is Cc1sc(C(Nc2ccc(Cl)c(Br)c2)C(=O)O)cc1Br. The van der Waals surface area contributed by atoms with Gasteiger partial charge >= 0.3 is 5.97 Å². The van der Waals surface area contributed by atoms with E-state index in [2.05, 4.69) is 37.2 Å². The fourth-order valence-electron chi connectivity index (χ4n) is 1.63. The molecule has 1 aromatic heterocycles. The van der Waals surface area contributed by atoms with Gasteiger partial charge in [-0.1, -0.05) is 11.6 Å². The van der Waals surface area contributed by atoms with Gasteiger partial charge in [0.1, 0.15) is 0 Å². The van der Waals surface area contributed by atoms with Gasteiger partial charge in [0.25, 0.3) is 0 Å². The summed E-state index contributed by atoms with van der Waals surface area (Å²) in [5, 5.41) is 13.0. The van der Waals surface area contributed by atoms with Crippen LogP contribution in [-0.4, -0.2) is 11.1 Å². The molecule has 0 radical (unpaired) electrons. The van der Waals surface area contributed by atoms with Gasteiger partial charge in [0.15, 0.2) is 6.04 Å². The molecule has 0 spiro atoms. The van der Waals surface area contributed by atoms with E-state index in [1.54, 1.807) is 18.2 Å². The summed E-state index contributed by atoms with van der Waals surface area (Å²) in [7, 11) is 0. The van der Waals surface area contributed by atoms with Crippen LogP contribution in [-0.2, 0) is 4.79 Å². The van der Waals surface area contributed by atoms with Crippen molar-refractivity contribution in [1.29, 1.82) is 0 Å². The van der Waals surface area contributed by atoms with Crippen LogP contribution < -0.4 is 5.32 Å². The second kappa shape index (κ2) is 6.47. The Kier molecular flexibility index (Phi) is 5.12. The molecule has 2 N–H and O–H groups in total. The van der Waals surface area contributed by atoms with Gasteiger partial charge < -0.3 is 10.4 Å². The Labute approximate surface area is 142 Å². The van der Waals surface area contributed by atoms with E-state index >= 15 is 0 Å². The molecule has 0 bridgehead atoms. The van der Waals surface area contributed by atoms with Gasteiger partial charge in [0.05, 0.1) is 5.02 Å². The minimum absolute atomic E-state index is 0.581. The van der Waals surface area contributed by atoms with E-state index in [1.165, 1.54) is 11.3 Å². The van der Waals surface area contributed by atoms with Gasteiger partial charge in [-0.25, -0.2) is 4.79 Å². The van der Waals surface area contributed by atoms with E-state index in [1.807, 2.05) is 13.0 Å². The number of carboxylic acid groups (broad SMARTS) is 1. The molecule has 0 aliphatic rings. The zero-order valence-corrected chi connectivity index (χ0v) is 15.0. The Morgan fingerprint density at radius 2 is 2.05 bits per heavy atom. The Hall–Kier alpha value is -0.560. The number of benzene rings is 1. The Morgan fingerprint density at radius 3 is 2.55 bits per heavy atom. The molecule has 20 heavy (non-hydrogen) atoms. The van der Waals surface area contributed by atoms with E-state index < -0.39 is 12.0 Å². The van der Waals surface area contributed by atoms with Crippen molar-refractivity contribution in [2.24, 2.45) is 0 Å². The molecule has 2 rings (SSSR count). The third kappa shape index (κ3) is 3.55. The molecule has 1 heterocycles. The third-order valence-corrected chi connectivity index (χ3v) is 6.05. The van der Waals surface area contributed by atoms with Crippen LogP contribution in [0.25, 0.3) is 0 Å². The van der Waals surface area contributed by atoms with Crippen molar-refractivity contribution in [3.05, 3.63) is 48.0 Å². The topological polar surface area (TPSA) is 49.3 Å². The van der Waals surface area contributed by atoms with Crippen LogP contribution >= 0.6 is 54.8 Å². The highest BCUT2D eigenvalue weighted by atomic mass is 79.9. The maximum Gasteiger partial charge on any atom is 0.331 e. The molecule has 1 aromatic carbocycles. The maximum absolute atomic E-state index is 11.5. The van der Waals surface area contributed by atoms with Crippen molar-refractivity contribution in [3.8, 4) is 0 Å². The summed E-state index contributed by atoms with van der Waals surface area (Å²) >= 11 is 14.1. The number of carboxylic acids is 1. The molecule has 0 fully saturated rings. The van der Waals surface area contributed by atoms with Crippen molar-refractivity contribution < 1.29 is 9.90 Å². The largest absolute Gasteiger partial charge is 0.479 e. The number of rotatable bonds is 4. The molecule has 106 valence electrons. The van der Waals surface area contributed by atoms with E-state index in [0.717, 1.165) is 18.7 Å². The number of carbonyl (C=O) groups is 1. The van der Waals surface area contributed by atoms with Crippen LogP contribution in [0.1, 0.15) is 15.8 Å². The van der Waals surface area contributed by atoms with E-state index in [-0.39, 0.29) is 0 Å². The fourth-order valence-corrected chi connectivity index (χ4v) is 3.73. The number of anilines is 1.